The average Bonchev–Trinajstić information content (AvgIpc) is 2.07. The Morgan fingerprint density at radius 3 is 2.75 bits per heavy atom. The van der Waals surface area contributed by atoms with Gasteiger partial charge in [0.05, 0.1) is 0 Å². The second kappa shape index (κ2) is 3.81. The van der Waals surface area contributed by atoms with Crippen molar-refractivity contribution >= 4 is 11.6 Å². The molecule has 0 amide bonds. The maximum absolute atomic E-state index is 11.1. The molecule has 1 aliphatic rings. The van der Waals surface area contributed by atoms with Crippen LogP contribution in [0.5, 0.6) is 0 Å². The number of hydrogen-bond acceptors (Lipinski definition) is 2. The Balaban J connectivity index is 2.81. The Bertz CT molecular complexity index is 293. The molecule has 0 aromatic heterocycles. The largest absolute Gasteiger partial charge is 0.290 e. The van der Waals surface area contributed by atoms with Crippen molar-refractivity contribution in [3.63, 3.8) is 0 Å². The first kappa shape index (κ1) is 8.65. The van der Waals surface area contributed by atoms with Gasteiger partial charge in [-0.1, -0.05) is 19.1 Å². The van der Waals surface area contributed by atoms with Crippen LogP contribution in [-0.4, -0.2) is 11.6 Å². The Morgan fingerprint density at radius 1 is 1.33 bits per heavy atom. The highest BCUT2D eigenvalue weighted by atomic mass is 16.1. The van der Waals surface area contributed by atoms with Gasteiger partial charge in [-0.3, -0.25) is 9.59 Å². The molecular weight excluding hydrogens is 152 g/mol. The van der Waals surface area contributed by atoms with E-state index in [1.54, 1.807) is 6.08 Å². The molecule has 0 saturated heterocycles. The van der Waals surface area contributed by atoms with Crippen molar-refractivity contribution in [1.29, 1.82) is 0 Å². The van der Waals surface area contributed by atoms with Crippen LogP contribution < -0.4 is 0 Å². The van der Waals surface area contributed by atoms with E-state index in [-0.39, 0.29) is 11.6 Å². The van der Waals surface area contributed by atoms with E-state index in [1.165, 1.54) is 18.2 Å². The van der Waals surface area contributed by atoms with Gasteiger partial charge in [-0.05, 0) is 24.6 Å². The van der Waals surface area contributed by atoms with Crippen LogP contribution in [-0.2, 0) is 9.59 Å². The number of ketones is 2. The molecule has 2 heteroatoms. The highest BCUT2D eigenvalue weighted by Gasteiger charge is 2.09. The maximum atomic E-state index is 11.1. The summed E-state index contributed by atoms with van der Waals surface area (Å²) in [4.78, 5) is 21.9. The minimum atomic E-state index is -0.120. The van der Waals surface area contributed by atoms with E-state index >= 15 is 0 Å². The van der Waals surface area contributed by atoms with Crippen LogP contribution in [0.1, 0.15) is 13.3 Å². The first-order valence-corrected chi connectivity index (χ1v) is 3.88. The summed E-state index contributed by atoms with van der Waals surface area (Å²) in [7, 11) is 0. The van der Waals surface area contributed by atoms with Crippen molar-refractivity contribution < 1.29 is 9.59 Å². The lowest BCUT2D eigenvalue weighted by Crippen LogP contribution is -2.05. The minimum absolute atomic E-state index is 0.0979. The van der Waals surface area contributed by atoms with E-state index in [1.807, 2.05) is 13.0 Å². The lowest BCUT2D eigenvalue weighted by atomic mass is 10.0. The molecule has 0 unspecified atom stereocenters. The van der Waals surface area contributed by atoms with Crippen molar-refractivity contribution in [2.24, 2.45) is 0 Å². The van der Waals surface area contributed by atoms with Gasteiger partial charge < -0.3 is 0 Å². The maximum Gasteiger partial charge on any atom is 0.186 e. The van der Waals surface area contributed by atoms with Gasteiger partial charge in [-0.2, -0.15) is 0 Å². The van der Waals surface area contributed by atoms with Crippen LogP contribution in [0.15, 0.2) is 36.0 Å². The predicted octanol–water partition coefficient (Wildman–Crippen LogP) is 1.59. The van der Waals surface area contributed by atoms with Gasteiger partial charge in [-0.25, -0.2) is 0 Å². The topological polar surface area (TPSA) is 34.1 Å². The predicted molar refractivity (Wildman–Crippen MR) is 46.7 cm³/mol. The van der Waals surface area contributed by atoms with Gasteiger partial charge in [-0.15, -0.1) is 0 Å². The van der Waals surface area contributed by atoms with Crippen LogP contribution >= 0.6 is 0 Å². The Hall–Kier alpha value is -1.44. The van der Waals surface area contributed by atoms with E-state index in [0.29, 0.717) is 5.57 Å². The van der Waals surface area contributed by atoms with Crippen molar-refractivity contribution in [3.05, 3.63) is 36.0 Å². The van der Waals surface area contributed by atoms with E-state index in [0.717, 1.165) is 6.42 Å². The zero-order chi connectivity index (χ0) is 8.97. The SMILES string of the molecule is CCC=CC1=CC(=O)C=CC1=O. The quantitative estimate of drug-likeness (QED) is 0.578. The van der Waals surface area contributed by atoms with Crippen LogP contribution in [0.25, 0.3) is 0 Å². The van der Waals surface area contributed by atoms with Gasteiger partial charge in [0, 0.05) is 5.57 Å². The monoisotopic (exact) mass is 162 g/mol. The molecule has 0 bridgehead atoms. The molecule has 12 heavy (non-hydrogen) atoms. The van der Waals surface area contributed by atoms with Crippen molar-refractivity contribution in [2.75, 3.05) is 0 Å². The summed E-state index contributed by atoms with van der Waals surface area (Å²) in [6.45, 7) is 1.97. The lowest BCUT2D eigenvalue weighted by molar-refractivity contribution is -0.114. The Morgan fingerprint density at radius 2 is 2.08 bits per heavy atom. The molecular formula is C10H10O2. The third-order valence-corrected chi connectivity index (χ3v) is 1.51. The van der Waals surface area contributed by atoms with Crippen LogP contribution in [0, 0.1) is 0 Å². The van der Waals surface area contributed by atoms with E-state index in [9.17, 15) is 9.59 Å². The van der Waals surface area contributed by atoms with Crippen LogP contribution in [0.4, 0.5) is 0 Å². The molecule has 0 saturated carbocycles. The van der Waals surface area contributed by atoms with Gasteiger partial charge >= 0.3 is 0 Å². The molecule has 0 aromatic rings. The number of hydrogen-bond donors (Lipinski definition) is 0. The first-order chi connectivity index (χ1) is 5.74. The summed E-state index contributed by atoms with van der Waals surface area (Å²) in [6.07, 6.45) is 8.35. The number of carbonyl (C=O) groups excluding carboxylic acids is 2. The molecule has 0 atom stereocenters. The smallest absolute Gasteiger partial charge is 0.186 e. The molecule has 0 N–H and O–H groups in total. The first-order valence-electron chi connectivity index (χ1n) is 3.88. The molecule has 1 aliphatic carbocycles. The third kappa shape index (κ3) is 2.02. The summed E-state index contributed by atoms with van der Waals surface area (Å²) in [5.41, 5.74) is 0.476. The van der Waals surface area contributed by atoms with Gasteiger partial charge in [0.1, 0.15) is 0 Å². The molecule has 0 fully saturated rings. The summed E-state index contributed by atoms with van der Waals surface area (Å²) in [5.74, 6) is -0.218. The average molecular weight is 162 g/mol. The summed E-state index contributed by atoms with van der Waals surface area (Å²) < 4.78 is 0. The van der Waals surface area contributed by atoms with Gasteiger partial charge in [0.2, 0.25) is 0 Å². The molecule has 2 nitrogen and oxygen atoms in total. The minimum Gasteiger partial charge on any atom is -0.290 e. The van der Waals surface area contributed by atoms with Gasteiger partial charge in [0.25, 0.3) is 0 Å². The van der Waals surface area contributed by atoms with Crippen molar-refractivity contribution in [3.8, 4) is 0 Å². The second-order valence-electron chi connectivity index (χ2n) is 2.51. The molecule has 62 valence electrons. The molecule has 0 radical (unpaired) electrons. The lowest BCUT2D eigenvalue weighted by Gasteiger charge is -1.99. The summed E-state index contributed by atoms with van der Waals surface area (Å²) >= 11 is 0. The van der Waals surface area contributed by atoms with Crippen LogP contribution in [0.3, 0.4) is 0 Å². The molecule has 0 aliphatic heterocycles. The van der Waals surface area contributed by atoms with Crippen molar-refractivity contribution in [2.45, 2.75) is 13.3 Å². The summed E-state index contributed by atoms with van der Waals surface area (Å²) in [6, 6.07) is 0. The highest BCUT2D eigenvalue weighted by Crippen LogP contribution is 2.06. The fraction of sp³-hybridized carbons (Fsp3) is 0.200. The normalized spacial score (nSPS) is 17.2. The molecule has 0 aromatic carbocycles. The fourth-order valence-corrected chi connectivity index (χ4v) is 0.902. The van der Waals surface area contributed by atoms with Gasteiger partial charge in [0.15, 0.2) is 11.6 Å². The van der Waals surface area contributed by atoms with E-state index in [4.69, 9.17) is 0 Å². The number of allylic oxidation sites excluding steroid dienone is 6. The molecule has 0 spiro atoms. The third-order valence-electron chi connectivity index (χ3n) is 1.51. The zero-order valence-electron chi connectivity index (χ0n) is 6.91. The molecule has 0 heterocycles. The van der Waals surface area contributed by atoms with Crippen molar-refractivity contribution in [1.82, 2.24) is 0 Å². The standard InChI is InChI=1S/C10H10O2/c1-2-3-4-8-7-9(11)5-6-10(8)12/h3-7H,2H2,1H3. The second-order valence-corrected chi connectivity index (χ2v) is 2.51. The van der Waals surface area contributed by atoms with Crippen LogP contribution in [0.2, 0.25) is 0 Å². The van der Waals surface area contributed by atoms with E-state index < -0.39 is 0 Å². The Kier molecular flexibility index (Phi) is 2.75. The number of carbonyl (C=O) groups is 2. The summed E-state index contributed by atoms with van der Waals surface area (Å²) in [5, 5.41) is 0. The van der Waals surface area contributed by atoms with E-state index in [2.05, 4.69) is 0 Å². The number of rotatable bonds is 2. The fourth-order valence-electron chi connectivity index (χ4n) is 0.902. The zero-order valence-corrected chi connectivity index (χ0v) is 6.91. The molecule has 1 rings (SSSR count). The highest BCUT2D eigenvalue weighted by molar-refractivity contribution is 6.18. The Labute approximate surface area is 71.3 Å².